The lowest BCUT2D eigenvalue weighted by molar-refractivity contribution is -0.121. The highest BCUT2D eigenvalue weighted by molar-refractivity contribution is 5.86. The number of para-hydroxylation sites is 2. The topological polar surface area (TPSA) is 62.7 Å². The van der Waals surface area contributed by atoms with Gasteiger partial charge in [-0.1, -0.05) is 24.3 Å². The lowest BCUT2D eigenvalue weighted by Gasteiger charge is -2.15. The highest BCUT2D eigenvalue weighted by Crippen LogP contribution is 2.23. The molecular formula is C17H18FN3O2. The lowest BCUT2D eigenvalue weighted by Crippen LogP contribution is -2.35. The number of hydrazone groups is 1. The Morgan fingerprint density at radius 1 is 1.22 bits per heavy atom. The van der Waals surface area contributed by atoms with Gasteiger partial charge >= 0.3 is 0 Å². The second-order valence-electron chi connectivity index (χ2n) is 4.85. The van der Waals surface area contributed by atoms with Crippen LogP contribution < -0.4 is 15.5 Å². The van der Waals surface area contributed by atoms with Crippen molar-refractivity contribution in [1.82, 2.24) is 5.43 Å². The minimum Gasteiger partial charge on any atom is -0.495 e. The summed E-state index contributed by atoms with van der Waals surface area (Å²) in [6, 6.07) is 12.6. The van der Waals surface area contributed by atoms with Gasteiger partial charge in [0.2, 0.25) is 0 Å². The molecule has 2 rings (SSSR count). The van der Waals surface area contributed by atoms with Crippen molar-refractivity contribution in [3.63, 3.8) is 0 Å². The average molecular weight is 315 g/mol. The number of nitrogens with one attached hydrogen (secondary N) is 2. The van der Waals surface area contributed by atoms with E-state index in [9.17, 15) is 9.18 Å². The Labute approximate surface area is 134 Å². The van der Waals surface area contributed by atoms with Gasteiger partial charge in [0.15, 0.2) is 0 Å². The largest absolute Gasteiger partial charge is 0.495 e. The van der Waals surface area contributed by atoms with Crippen LogP contribution in [0.3, 0.4) is 0 Å². The van der Waals surface area contributed by atoms with E-state index in [1.807, 2.05) is 18.2 Å². The molecule has 0 bridgehead atoms. The van der Waals surface area contributed by atoms with Gasteiger partial charge in [-0.3, -0.25) is 4.79 Å². The number of rotatable bonds is 6. The smallest absolute Gasteiger partial charge is 0.262 e. The number of hydrogen-bond donors (Lipinski definition) is 2. The van der Waals surface area contributed by atoms with Gasteiger partial charge in [0.05, 0.1) is 19.0 Å². The zero-order valence-corrected chi connectivity index (χ0v) is 12.9. The molecule has 0 aromatic heterocycles. The fraction of sp³-hybridized carbons (Fsp3) is 0.176. The maximum atomic E-state index is 12.8. The van der Waals surface area contributed by atoms with Gasteiger partial charge in [-0.15, -0.1) is 0 Å². The summed E-state index contributed by atoms with van der Waals surface area (Å²) in [5, 5.41) is 6.92. The van der Waals surface area contributed by atoms with E-state index in [1.54, 1.807) is 32.2 Å². The van der Waals surface area contributed by atoms with Crippen molar-refractivity contribution >= 4 is 17.8 Å². The molecule has 0 saturated heterocycles. The maximum absolute atomic E-state index is 12.8. The Morgan fingerprint density at radius 3 is 2.61 bits per heavy atom. The van der Waals surface area contributed by atoms with Crippen molar-refractivity contribution in [2.45, 2.75) is 13.0 Å². The normalized spacial score (nSPS) is 12.0. The number of hydrogen-bond acceptors (Lipinski definition) is 4. The number of carbonyl (C=O) groups is 1. The van der Waals surface area contributed by atoms with E-state index in [-0.39, 0.29) is 11.7 Å². The van der Waals surface area contributed by atoms with Crippen molar-refractivity contribution in [1.29, 1.82) is 0 Å². The first-order valence-corrected chi connectivity index (χ1v) is 7.08. The third kappa shape index (κ3) is 4.81. The first-order valence-electron chi connectivity index (χ1n) is 7.08. The zero-order chi connectivity index (χ0) is 16.7. The van der Waals surface area contributed by atoms with E-state index in [2.05, 4.69) is 15.8 Å². The molecule has 0 aliphatic rings. The highest BCUT2D eigenvalue weighted by Gasteiger charge is 2.13. The predicted octanol–water partition coefficient (Wildman–Crippen LogP) is 2.79. The second-order valence-corrected chi connectivity index (χ2v) is 4.85. The minimum atomic E-state index is -0.503. The van der Waals surface area contributed by atoms with Crippen molar-refractivity contribution in [3.05, 3.63) is 59.9 Å². The molecule has 5 nitrogen and oxygen atoms in total. The molecule has 0 heterocycles. The van der Waals surface area contributed by atoms with Crippen molar-refractivity contribution in [2.75, 3.05) is 12.4 Å². The van der Waals surface area contributed by atoms with E-state index in [0.29, 0.717) is 11.3 Å². The molecule has 2 N–H and O–H groups in total. The molecule has 0 fully saturated rings. The molecule has 0 aliphatic heterocycles. The number of carbonyl (C=O) groups excluding carboxylic acids is 1. The van der Waals surface area contributed by atoms with Gasteiger partial charge in [-0.2, -0.15) is 5.10 Å². The van der Waals surface area contributed by atoms with Crippen LogP contribution in [0.25, 0.3) is 0 Å². The summed E-state index contributed by atoms with van der Waals surface area (Å²) in [5.41, 5.74) is 3.85. The summed E-state index contributed by atoms with van der Waals surface area (Å²) in [4.78, 5) is 12.0. The van der Waals surface area contributed by atoms with Gasteiger partial charge < -0.3 is 10.1 Å². The lowest BCUT2D eigenvalue weighted by atomic mass is 10.2. The number of amides is 1. The minimum absolute atomic E-state index is 0.297. The number of methoxy groups -OCH3 is 1. The zero-order valence-electron chi connectivity index (χ0n) is 12.9. The Balaban J connectivity index is 1.91. The summed E-state index contributed by atoms with van der Waals surface area (Å²) in [7, 11) is 1.57. The molecule has 0 saturated carbocycles. The van der Waals surface area contributed by atoms with Crippen LogP contribution in [0.1, 0.15) is 12.5 Å². The standard InChI is InChI=1S/C17H18FN3O2/c1-12(20-15-5-3-4-6-16(15)23-2)17(22)21-19-11-13-7-9-14(18)10-8-13/h3-12,20H,1-2H3,(H,21,22)/b19-11-/t12-/m0/s1. The molecule has 2 aromatic rings. The Bertz CT molecular complexity index is 686. The molecule has 1 amide bonds. The summed E-state index contributed by atoms with van der Waals surface area (Å²) >= 11 is 0. The van der Waals surface area contributed by atoms with E-state index in [1.165, 1.54) is 18.3 Å². The third-order valence-corrected chi connectivity index (χ3v) is 3.13. The van der Waals surface area contributed by atoms with Crippen LogP contribution in [0, 0.1) is 5.82 Å². The van der Waals surface area contributed by atoms with E-state index < -0.39 is 6.04 Å². The molecule has 0 unspecified atom stereocenters. The molecule has 2 aromatic carbocycles. The van der Waals surface area contributed by atoms with E-state index in [4.69, 9.17) is 4.74 Å². The van der Waals surface area contributed by atoms with Crippen LogP contribution in [-0.4, -0.2) is 25.3 Å². The summed E-state index contributed by atoms with van der Waals surface area (Å²) in [5.74, 6) is 0.0389. The Kier molecular flexibility index (Phi) is 5.68. The Hall–Kier alpha value is -2.89. The molecule has 0 spiro atoms. The van der Waals surface area contributed by atoms with Crippen LogP contribution in [0.15, 0.2) is 53.6 Å². The van der Waals surface area contributed by atoms with Gasteiger partial charge in [-0.25, -0.2) is 9.82 Å². The quantitative estimate of drug-likeness (QED) is 0.636. The molecule has 120 valence electrons. The number of anilines is 1. The van der Waals surface area contributed by atoms with E-state index in [0.717, 1.165) is 5.69 Å². The third-order valence-electron chi connectivity index (χ3n) is 3.13. The molecular weight excluding hydrogens is 297 g/mol. The van der Waals surface area contributed by atoms with Gasteiger partial charge in [-0.05, 0) is 36.8 Å². The van der Waals surface area contributed by atoms with Crippen molar-refractivity contribution in [2.24, 2.45) is 5.10 Å². The molecule has 1 atom stereocenters. The monoisotopic (exact) mass is 315 g/mol. The molecule has 23 heavy (non-hydrogen) atoms. The van der Waals surface area contributed by atoms with Crippen LogP contribution in [0.5, 0.6) is 5.75 Å². The molecule has 0 radical (unpaired) electrons. The number of ether oxygens (including phenoxy) is 1. The number of nitrogens with zero attached hydrogens (tertiary/aromatic N) is 1. The SMILES string of the molecule is COc1ccccc1N[C@@H](C)C(=O)N/N=C\c1ccc(F)cc1. The predicted molar refractivity (Wildman–Crippen MR) is 88.2 cm³/mol. The molecule has 0 aliphatic carbocycles. The van der Waals surface area contributed by atoms with Crippen LogP contribution in [-0.2, 0) is 4.79 Å². The van der Waals surface area contributed by atoms with Gasteiger partial charge in [0, 0.05) is 0 Å². The fourth-order valence-corrected chi connectivity index (χ4v) is 1.88. The second kappa shape index (κ2) is 7.93. The van der Waals surface area contributed by atoms with Crippen LogP contribution >= 0.6 is 0 Å². The first-order chi connectivity index (χ1) is 11.1. The maximum Gasteiger partial charge on any atom is 0.262 e. The van der Waals surface area contributed by atoms with E-state index >= 15 is 0 Å². The number of benzene rings is 2. The van der Waals surface area contributed by atoms with Crippen LogP contribution in [0.2, 0.25) is 0 Å². The van der Waals surface area contributed by atoms with Crippen LogP contribution in [0.4, 0.5) is 10.1 Å². The summed E-state index contributed by atoms with van der Waals surface area (Å²) < 4.78 is 18.0. The first kappa shape index (κ1) is 16.5. The summed E-state index contributed by atoms with van der Waals surface area (Å²) in [6.07, 6.45) is 1.45. The highest BCUT2D eigenvalue weighted by atomic mass is 19.1. The number of halogens is 1. The Morgan fingerprint density at radius 2 is 1.91 bits per heavy atom. The fourth-order valence-electron chi connectivity index (χ4n) is 1.88. The van der Waals surface area contributed by atoms with Gasteiger partial charge in [0.25, 0.3) is 5.91 Å². The van der Waals surface area contributed by atoms with Crippen molar-refractivity contribution in [3.8, 4) is 5.75 Å². The molecule has 6 heteroatoms. The average Bonchev–Trinajstić information content (AvgIpc) is 2.57. The van der Waals surface area contributed by atoms with Gasteiger partial charge in [0.1, 0.15) is 17.6 Å². The van der Waals surface area contributed by atoms with Crippen molar-refractivity contribution < 1.29 is 13.9 Å². The summed E-state index contributed by atoms with van der Waals surface area (Å²) in [6.45, 7) is 1.72.